The molecule has 4 aromatic rings. The average Bonchev–Trinajstić information content (AvgIpc) is 3.24. The Morgan fingerprint density at radius 2 is 1.92 bits per heavy atom. The lowest BCUT2D eigenvalue weighted by atomic mass is 10.0. The van der Waals surface area contributed by atoms with E-state index in [1.54, 1.807) is 35.3 Å². The summed E-state index contributed by atoms with van der Waals surface area (Å²) in [5.41, 5.74) is 1.99. The molecule has 0 saturated heterocycles. The molecule has 4 rings (SSSR count). The standard InChI is InChI=1S/C18H12ClN3O2/c19-13-7-5-12(6-8-13)17(23)18-15(9-22-11-20-10-21-22)14-3-1-2-4-16(14)24-18/h1-8,10-11H,9H2. The fourth-order valence-corrected chi connectivity index (χ4v) is 2.77. The van der Waals surface area contributed by atoms with Crippen molar-refractivity contribution in [2.24, 2.45) is 0 Å². The number of carbonyl (C=O) groups excluding carboxylic acids is 1. The number of hydrogen-bond acceptors (Lipinski definition) is 4. The SMILES string of the molecule is O=C(c1ccc(Cl)cc1)c1oc2ccccc2c1Cn1cncn1. The largest absolute Gasteiger partial charge is 0.452 e. The molecule has 0 atom stereocenters. The zero-order valence-electron chi connectivity index (χ0n) is 12.5. The van der Waals surface area contributed by atoms with Crippen LogP contribution in [0.15, 0.2) is 65.6 Å². The van der Waals surface area contributed by atoms with Crippen molar-refractivity contribution in [3.8, 4) is 0 Å². The van der Waals surface area contributed by atoms with Crippen LogP contribution in [-0.4, -0.2) is 20.5 Å². The van der Waals surface area contributed by atoms with Crippen molar-refractivity contribution in [3.05, 3.63) is 83.1 Å². The molecule has 2 aromatic heterocycles. The molecule has 0 aliphatic carbocycles. The Hall–Kier alpha value is -2.92. The lowest BCUT2D eigenvalue weighted by molar-refractivity contribution is 0.101. The number of fused-ring (bicyclic) bond motifs is 1. The van der Waals surface area contributed by atoms with E-state index >= 15 is 0 Å². The predicted molar refractivity (Wildman–Crippen MR) is 90.2 cm³/mol. The first-order valence-corrected chi connectivity index (χ1v) is 7.73. The first kappa shape index (κ1) is 14.7. The van der Waals surface area contributed by atoms with Crippen LogP contribution in [0, 0.1) is 0 Å². The molecule has 0 N–H and O–H groups in total. The number of benzene rings is 2. The van der Waals surface area contributed by atoms with Gasteiger partial charge in [0.25, 0.3) is 0 Å². The summed E-state index contributed by atoms with van der Waals surface area (Å²) in [5.74, 6) is 0.131. The average molecular weight is 338 g/mol. The monoisotopic (exact) mass is 337 g/mol. The number of ketones is 1. The first-order valence-electron chi connectivity index (χ1n) is 7.35. The maximum atomic E-state index is 12.9. The number of aromatic nitrogens is 3. The molecule has 0 bridgehead atoms. The van der Waals surface area contributed by atoms with Crippen LogP contribution in [0.25, 0.3) is 11.0 Å². The van der Waals surface area contributed by atoms with Gasteiger partial charge in [0.15, 0.2) is 5.76 Å². The molecular formula is C18H12ClN3O2. The van der Waals surface area contributed by atoms with Crippen molar-refractivity contribution in [2.75, 3.05) is 0 Å². The third-order valence-corrected chi connectivity index (χ3v) is 4.05. The van der Waals surface area contributed by atoms with Crippen LogP contribution < -0.4 is 0 Å². The van der Waals surface area contributed by atoms with Crippen LogP contribution >= 0.6 is 11.6 Å². The highest BCUT2D eigenvalue weighted by Gasteiger charge is 2.22. The molecule has 0 unspecified atom stereocenters. The Morgan fingerprint density at radius 1 is 1.12 bits per heavy atom. The Bertz CT molecular complexity index is 1000. The van der Waals surface area contributed by atoms with E-state index in [1.165, 1.54) is 6.33 Å². The molecule has 0 saturated carbocycles. The van der Waals surface area contributed by atoms with Crippen molar-refractivity contribution >= 4 is 28.4 Å². The van der Waals surface area contributed by atoms with Crippen molar-refractivity contribution < 1.29 is 9.21 Å². The molecule has 0 amide bonds. The Balaban J connectivity index is 1.84. The summed E-state index contributed by atoms with van der Waals surface area (Å²) in [6.07, 6.45) is 3.07. The van der Waals surface area contributed by atoms with E-state index in [-0.39, 0.29) is 5.78 Å². The number of carbonyl (C=O) groups is 1. The minimum Gasteiger partial charge on any atom is -0.452 e. The van der Waals surface area contributed by atoms with E-state index in [0.717, 1.165) is 10.9 Å². The number of hydrogen-bond donors (Lipinski definition) is 0. The summed E-state index contributed by atoms with van der Waals surface area (Å²) in [6.45, 7) is 0.408. The smallest absolute Gasteiger partial charge is 0.228 e. The van der Waals surface area contributed by atoms with Gasteiger partial charge in [0.1, 0.15) is 18.2 Å². The lowest BCUT2D eigenvalue weighted by Gasteiger charge is -2.03. The van der Waals surface area contributed by atoms with Crippen molar-refractivity contribution in [2.45, 2.75) is 6.54 Å². The van der Waals surface area contributed by atoms with Crippen molar-refractivity contribution in [1.29, 1.82) is 0 Å². The number of rotatable bonds is 4. The molecule has 2 heterocycles. The molecule has 2 aromatic carbocycles. The summed E-state index contributed by atoms with van der Waals surface area (Å²) in [5, 5.41) is 5.59. The van der Waals surface area contributed by atoms with Gasteiger partial charge in [-0.3, -0.25) is 4.79 Å². The van der Waals surface area contributed by atoms with E-state index in [1.807, 2.05) is 24.3 Å². The fraction of sp³-hybridized carbons (Fsp3) is 0.0556. The highest BCUT2D eigenvalue weighted by Crippen LogP contribution is 2.28. The zero-order valence-corrected chi connectivity index (χ0v) is 13.3. The van der Waals surface area contributed by atoms with Gasteiger partial charge >= 0.3 is 0 Å². The maximum Gasteiger partial charge on any atom is 0.228 e. The van der Waals surface area contributed by atoms with Crippen LogP contribution in [0.1, 0.15) is 21.7 Å². The second-order valence-electron chi connectivity index (χ2n) is 5.33. The van der Waals surface area contributed by atoms with Crippen LogP contribution in [0.4, 0.5) is 0 Å². The lowest BCUT2D eigenvalue weighted by Crippen LogP contribution is -2.07. The van der Waals surface area contributed by atoms with Gasteiger partial charge in [-0.2, -0.15) is 5.10 Å². The number of furan rings is 1. The topological polar surface area (TPSA) is 60.9 Å². The normalized spacial score (nSPS) is 11.0. The zero-order chi connectivity index (χ0) is 16.5. The summed E-state index contributed by atoms with van der Waals surface area (Å²) in [6, 6.07) is 14.3. The van der Waals surface area contributed by atoms with Gasteiger partial charge < -0.3 is 4.42 Å². The number of nitrogens with zero attached hydrogens (tertiary/aromatic N) is 3. The molecule has 0 fully saturated rings. The summed E-state index contributed by atoms with van der Waals surface area (Å²) < 4.78 is 7.51. The van der Waals surface area contributed by atoms with Gasteiger partial charge in [-0.05, 0) is 30.3 Å². The van der Waals surface area contributed by atoms with Gasteiger partial charge in [0, 0.05) is 21.5 Å². The molecule has 6 heteroatoms. The third-order valence-electron chi connectivity index (χ3n) is 3.80. The van der Waals surface area contributed by atoms with Gasteiger partial charge in [0.05, 0.1) is 6.54 Å². The summed E-state index contributed by atoms with van der Waals surface area (Å²) >= 11 is 5.90. The molecule has 0 aliphatic heterocycles. The van der Waals surface area contributed by atoms with E-state index < -0.39 is 0 Å². The molecule has 24 heavy (non-hydrogen) atoms. The van der Waals surface area contributed by atoms with Crippen LogP contribution in [0.5, 0.6) is 0 Å². The number of halogens is 1. The van der Waals surface area contributed by atoms with E-state index in [0.29, 0.717) is 28.5 Å². The second kappa shape index (κ2) is 5.94. The van der Waals surface area contributed by atoms with Crippen LogP contribution in [0.2, 0.25) is 5.02 Å². The van der Waals surface area contributed by atoms with Gasteiger partial charge in [-0.15, -0.1) is 0 Å². The van der Waals surface area contributed by atoms with E-state index in [4.69, 9.17) is 16.0 Å². The van der Waals surface area contributed by atoms with Gasteiger partial charge in [0.2, 0.25) is 5.78 Å². The van der Waals surface area contributed by atoms with E-state index in [9.17, 15) is 4.79 Å². The summed E-state index contributed by atoms with van der Waals surface area (Å²) in [7, 11) is 0. The van der Waals surface area contributed by atoms with E-state index in [2.05, 4.69) is 10.1 Å². The Labute approximate surface area is 142 Å². The van der Waals surface area contributed by atoms with Gasteiger partial charge in [-0.25, -0.2) is 9.67 Å². The molecule has 5 nitrogen and oxygen atoms in total. The predicted octanol–water partition coefficient (Wildman–Crippen LogP) is 3.96. The third kappa shape index (κ3) is 2.59. The maximum absolute atomic E-state index is 12.9. The molecule has 0 radical (unpaired) electrons. The highest BCUT2D eigenvalue weighted by atomic mass is 35.5. The second-order valence-corrected chi connectivity index (χ2v) is 5.77. The van der Waals surface area contributed by atoms with Crippen LogP contribution in [-0.2, 0) is 6.54 Å². The van der Waals surface area contributed by atoms with Crippen LogP contribution in [0.3, 0.4) is 0 Å². The minimum atomic E-state index is -0.182. The quantitative estimate of drug-likeness (QED) is 0.529. The first-order chi connectivity index (χ1) is 11.7. The summed E-state index contributed by atoms with van der Waals surface area (Å²) in [4.78, 5) is 16.8. The molecular weight excluding hydrogens is 326 g/mol. The molecule has 0 spiro atoms. The number of para-hydroxylation sites is 1. The Kier molecular flexibility index (Phi) is 3.63. The van der Waals surface area contributed by atoms with Gasteiger partial charge in [-0.1, -0.05) is 29.8 Å². The van der Waals surface area contributed by atoms with Crippen molar-refractivity contribution in [1.82, 2.24) is 14.8 Å². The highest BCUT2D eigenvalue weighted by molar-refractivity contribution is 6.30. The fourth-order valence-electron chi connectivity index (χ4n) is 2.65. The van der Waals surface area contributed by atoms with Crippen molar-refractivity contribution in [3.63, 3.8) is 0 Å². The minimum absolute atomic E-state index is 0.182. The Morgan fingerprint density at radius 3 is 2.67 bits per heavy atom. The molecule has 118 valence electrons. The molecule has 0 aliphatic rings.